The van der Waals surface area contributed by atoms with E-state index in [4.69, 9.17) is 9.15 Å². The van der Waals surface area contributed by atoms with Crippen LogP contribution in [-0.4, -0.2) is 31.7 Å². The van der Waals surface area contributed by atoms with Gasteiger partial charge < -0.3 is 9.15 Å². The fraction of sp³-hybridized carbons (Fsp3) is 0.412. The molecule has 26 heavy (non-hydrogen) atoms. The molecule has 7 nitrogen and oxygen atoms in total. The molecule has 0 spiro atoms. The molecule has 1 N–H and O–H groups in total. The van der Waals surface area contributed by atoms with Crippen molar-refractivity contribution in [2.45, 2.75) is 32.9 Å². The summed E-state index contributed by atoms with van der Waals surface area (Å²) in [6.45, 7) is 3.36. The van der Waals surface area contributed by atoms with E-state index < -0.39 is 22.0 Å². The number of nitrogens with zero attached hydrogens (tertiary/aromatic N) is 1. The van der Waals surface area contributed by atoms with E-state index in [-0.39, 0.29) is 24.2 Å². The molecule has 0 aliphatic heterocycles. The molecule has 2 rings (SSSR count). The first-order valence-electron chi connectivity index (χ1n) is 8.04. The number of halogens is 1. The molecule has 1 aromatic heterocycles. The number of sulfonamides is 1. The average Bonchev–Trinajstić information content (AvgIpc) is 3.05. The van der Waals surface area contributed by atoms with Crippen molar-refractivity contribution in [1.29, 1.82) is 0 Å². The normalized spacial score (nSPS) is 14.0. The first-order valence-corrected chi connectivity index (χ1v) is 9.93. The molecule has 0 amide bonds. The molecule has 0 unspecified atom stereocenters. The number of oxazole rings is 1. The molecule has 2 aromatic rings. The van der Waals surface area contributed by atoms with E-state index in [1.165, 1.54) is 18.3 Å². The lowest BCUT2D eigenvalue weighted by molar-refractivity contribution is -0.149. The lowest BCUT2D eigenvalue weighted by Gasteiger charge is -2.21. The molecule has 1 aromatic carbocycles. The van der Waals surface area contributed by atoms with Gasteiger partial charge in [0.15, 0.2) is 12.4 Å². The first kappa shape index (κ1) is 20.1. The van der Waals surface area contributed by atoms with Crippen LogP contribution in [0.2, 0.25) is 0 Å². The summed E-state index contributed by atoms with van der Waals surface area (Å²) in [7, 11) is -3.56. The van der Waals surface area contributed by atoms with Crippen LogP contribution in [0.1, 0.15) is 26.2 Å². The molecular weight excluding hydrogens is 363 g/mol. The Kier molecular flexibility index (Phi) is 6.49. The van der Waals surface area contributed by atoms with Crippen LogP contribution in [-0.2, 0) is 26.2 Å². The van der Waals surface area contributed by atoms with Crippen molar-refractivity contribution in [3.63, 3.8) is 0 Å². The van der Waals surface area contributed by atoms with Gasteiger partial charge in [-0.25, -0.2) is 22.5 Å². The molecule has 0 saturated heterocycles. The Balaban J connectivity index is 2.02. The van der Waals surface area contributed by atoms with Crippen molar-refractivity contribution in [1.82, 2.24) is 9.71 Å². The van der Waals surface area contributed by atoms with Crippen LogP contribution in [0.3, 0.4) is 0 Å². The zero-order valence-electron chi connectivity index (χ0n) is 14.7. The molecule has 0 aliphatic rings. The van der Waals surface area contributed by atoms with E-state index in [0.29, 0.717) is 17.7 Å². The van der Waals surface area contributed by atoms with Crippen LogP contribution in [0.15, 0.2) is 34.9 Å². The van der Waals surface area contributed by atoms with Gasteiger partial charge in [-0.2, -0.15) is 0 Å². The molecule has 0 aliphatic carbocycles. The van der Waals surface area contributed by atoms with Gasteiger partial charge in [-0.3, -0.25) is 4.79 Å². The lowest BCUT2D eigenvalue weighted by Crippen LogP contribution is -2.45. The minimum absolute atomic E-state index is 0.153. The third-order valence-corrected chi connectivity index (χ3v) is 4.51. The summed E-state index contributed by atoms with van der Waals surface area (Å²) in [5.74, 6) is -0.747. The van der Waals surface area contributed by atoms with E-state index in [0.717, 1.165) is 6.26 Å². The van der Waals surface area contributed by atoms with Crippen molar-refractivity contribution in [2.24, 2.45) is 5.92 Å². The fourth-order valence-electron chi connectivity index (χ4n) is 2.21. The Morgan fingerprint density at radius 2 is 2.00 bits per heavy atom. The highest BCUT2D eigenvalue weighted by molar-refractivity contribution is 7.88. The number of rotatable bonds is 8. The van der Waals surface area contributed by atoms with E-state index >= 15 is 0 Å². The molecule has 142 valence electrons. The number of hydrogen-bond acceptors (Lipinski definition) is 6. The number of carbonyl (C=O) groups is 1. The quantitative estimate of drug-likeness (QED) is 0.702. The van der Waals surface area contributed by atoms with Crippen LogP contribution < -0.4 is 4.72 Å². The van der Waals surface area contributed by atoms with E-state index in [1.54, 1.807) is 19.1 Å². The highest BCUT2D eigenvalue weighted by atomic mass is 32.2. The number of aromatic nitrogens is 1. The summed E-state index contributed by atoms with van der Waals surface area (Å²) in [4.78, 5) is 16.3. The summed E-state index contributed by atoms with van der Waals surface area (Å²) in [5, 5.41) is 0. The van der Waals surface area contributed by atoms with Crippen molar-refractivity contribution in [3.05, 3.63) is 42.2 Å². The van der Waals surface area contributed by atoms with Crippen molar-refractivity contribution < 1.29 is 26.8 Å². The largest absolute Gasteiger partial charge is 0.454 e. The maximum atomic E-state index is 13.0. The summed E-state index contributed by atoms with van der Waals surface area (Å²) in [6.07, 6.45) is 3.02. The Morgan fingerprint density at radius 3 is 2.58 bits per heavy atom. The summed E-state index contributed by atoms with van der Waals surface area (Å²) >= 11 is 0. The Labute approximate surface area is 151 Å². The van der Waals surface area contributed by atoms with Crippen molar-refractivity contribution in [2.75, 3.05) is 6.26 Å². The Bertz CT molecular complexity index is 848. The topological polar surface area (TPSA) is 98.5 Å². The molecule has 2 atom stereocenters. The summed E-state index contributed by atoms with van der Waals surface area (Å²) in [6, 6.07) is 4.69. The maximum absolute atomic E-state index is 13.0. The highest BCUT2D eigenvalue weighted by Gasteiger charge is 2.28. The Morgan fingerprint density at radius 1 is 1.35 bits per heavy atom. The smallest absolute Gasteiger partial charge is 0.324 e. The van der Waals surface area contributed by atoms with Gasteiger partial charge in [-0.1, -0.05) is 20.3 Å². The predicted molar refractivity (Wildman–Crippen MR) is 92.9 cm³/mol. The van der Waals surface area contributed by atoms with E-state index in [9.17, 15) is 17.6 Å². The SMILES string of the molecule is CC[C@H](C)[C@H](NS(C)(=O)=O)C(=O)OCc1ncc(-c2ccc(F)cc2)o1. The second-order valence-electron chi connectivity index (χ2n) is 5.99. The molecule has 0 radical (unpaired) electrons. The monoisotopic (exact) mass is 384 g/mol. The van der Waals surface area contributed by atoms with Crippen molar-refractivity contribution in [3.8, 4) is 11.3 Å². The van der Waals surface area contributed by atoms with Gasteiger partial charge in [0, 0.05) is 5.56 Å². The van der Waals surface area contributed by atoms with Crippen LogP contribution in [0.5, 0.6) is 0 Å². The van der Waals surface area contributed by atoms with Gasteiger partial charge in [0.1, 0.15) is 11.9 Å². The number of hydrogen-bond donors (Lipinski definition) is 1. The molecule has 0 fully saturated rings. The summed E-state index contributed by atoms with van der Waals surface area (Å²) < 4.78 is 48.8. The third kappa shape index (κ3) is 5.63. The second-order valence-corrected chi connectivity index (χ2v) is 7.77. The fourth-order valence-corrected chi connectivity index (χ4v) is 3.00. The predicted octanol–water partition coefficient (Wildman–Crippen LogP) is 2.49. The number of benzene rings is 1. The van der Waals surface area contributed by atoms with Crippen LogP contribution >= 0.6 is 0 Å². The van der Waals surface area contributed by atoms with Gasteiger partial charge in [0.2, 0.25) is 15.9 Å². The van der Waals surface area contributed by atoms with Crippen LogP contribution in [0.4, 0.5) is 4.39 Å². The van der Waals surface area contributed by atoms with Crippen LogP contribution in [0.25, 0.3) is 11.3 Å². The van der Waals surface area contributed by atoms with Gasteiger partial charge in [-0.15, -0.1) is 0 Å². The zero-order chi connectivity index (χ0) is 19.3. The molecule has 9 heteroatoms. The van der Waals surface area contributed by atoms with E-state index in [1.807, 2.05) is 6.92 Å². The number of esters is 1. The van der Waals surface area contributed by atoms with E-state index in [2.05, 4.69) is 9.71 Å². The third-order valence-electron chi connectivity index (χ3n) is 3.83. The molecule has 1 heterocycles. The number of nitrogens with one attached hydrogen (secondary N) is 1. The molecule has 0 bridgehead atoms. The maximum Gasteiger partial charge on any atom is 0.324 e. The minimum Gasteiger partial charge on any atom is -0.454 e. The first-order chi connectivity index (χ1) is 12.2. The Hall–Kier alpha value is -2.26. The van der Waals surface area contributed by atoms with Gasteiger partial charge in [-0.05, 0) is 30.2 Å². The lowest BCUT2D eigenvalue weighted by atomic mass is 10.0. The minimum atomic E-state index is -3.56. The van der Waals surface area contributed by atoms with Crippen LogP contribution in [0, 0.1) is 11.7 Å². The van der Waals surface area contributed by atoms with Gasteiger partial charge in [0.05, 0.1) is 12.5 Å². The van der Waals surface area contributed by atoms with Gasteiger partial charge >= 0.3 is 5.97 Å². The number of carbonyl (C=O) groups excluding carboxylic acids is 1. The summed E-state index contributed by atoms with van der Waals surface area (Å²) in [5.41, 5.74) is 0.632. The zero-order valence-corrected chi connectivity index (χ0v) is 15.5. The highest BCUT2D eigenvalue weighted by Crippen LogP contribution is 2.21. The standard InChI is InChI=1S/C17H21FN2O5S/c1-4-11(2)16(20-26(3,22)23)17(21)24-10-15-19-9-14(25-15)12-5-7-13(18)8-6-12/h5-9,11,16,20H,4,10H2,1-3H3/t11-,16-/m0/s1. The molecule has 0 saturated carbocycles. The van der Waals surface area contributed by atoms with Gasteiger partial charge in [0.25, 0.3) is 0 Å². The van der Waals surface area contributed by atoms with Crippen molar-refractivity contribution >= 4 is 16.0 Å². The number of ether oxygens (including phenoxy) is 1. The molecular formula is C17H21FN2O5S. The average molecular weight is 384 g/mol. The second kappa shape index (κ2) is 8.41.